The lowest BCUT2D eigenvalue weighted by atomic mass is 10.00. The highest BCUT2D eigenvalue weighted by molar-refractivity contribution is 9.10. The number of fused-ring (bicyclic) bond motifs is 1. The lowest BCUT2D eigenvalue weighted by molar-refractivity contribution is 0.600. The van der Waals surface area contributed by atoms with Crippen molar-refractivity contribution in [3.63, 3.8) is 0 Å². The molecule has 92 valence electrons. The average molecular weight is 307 g/mol. The molecule has 0 saturated heterocycles. The molecule has 0 amide bonds. The Labute approximate surface area is 114 Å². The minimum atomic E-state index is -0.274. The Hall–Kier alpha value is -1.42. The van der Waals surface area contributed by atoms with Crippen molar-refractivity contribution in [1.29, 1.82) is 0 Å². The van der Waals surface area contributed by atoms with E-state index in [1.165, 1.54) is 17.2 Å². The van der Waals surface area contributed by atoms with Crippen LogP contribution in [0.5, 0.6) is 0 Å². The summed E-state index contributed by atoms with van der Waals surface area (Å²) in [6.07, 6.45) is 2.58. The first kappa shape index (κ1) is 11.7. The summed E-state index contributed by atoms with van der Waals surface area (Å²) in [4.78, 5) is 6.17. The highest BCUT2D eigenvalue weighted by Crippen LogP contribution is 2.26. The zero-order valence-electron chi connectivity index (χ0n) is 9.74. The fraction of sp³-hybridized carbons (Fsp3) is 0.214. The molecule has 4 heteroatoms. The van der Waals surface area contributed by atoms with Crippen LogP contribution < -0.4 is 4.90 Å². The van der Waals surface area contributed by atoms with Crippen LogP contribution in [0, 0.1) is 5.82 Å². The number of aromatic nitrogens is 1. The summed E-state index contributed by atoms with van der Waals surface area (Å²) in [5.41, 5.74) is 2.61. The maximum absolute atomic E-state index is 13.9. The topological polar surface area (TPSA) is 16.1 Å². The Kier molecular flexibility index (Phi) is 3.04. The van der Waals surface area contributed by atoms with E-state index in [1.807, 2.05) is 17.0 Å². The molecule has 1 aliphatic rings. The number of hydrogen-bond donors (Lipinski definition) is 0. The third-order valence-corrected chi connectivity index (χ3v) is 3.65. The zero-order valence-corrected chi connectivity index (χ0v) is 11.3. The summed E-state index contributed by atoms with van der Waals surface area (Å²) < 4.78 is 14.5. The van der Waals surface area contributed by atoms with Gasteiger partial charge >= 0.3 is 0 Å². The normalized spacial score (nSPS) is 14.4. The van der Waals surface area contributed by atoms with Gasteiger partial charge in [0.1, 0.15) is 0 Å². The van der Waals surface area contributed by atoms with Crippen LogP contribution >= 0.6 is 15.9 Å². The number of nitrogens with zero attached hydrogens (tertiary/aromatic N) is 2. The van der Waals surface area contributed by atoms with Crippen molar-refractivity contribution < 1.29 is 4.39 Å². The monoisotopic (exact) mass is 306 g/mol. The lowest BCUT2D eigenvalue weighted by Crippen LogP contribution is -2.31. The van der Waals surface area contributed by atoms with Gasteiger partial charge in [0.15, 0.2) is 11.6 Å². The van der Waals surface area contributed by atoms with Gasteiger partial charge in [0.05, 0.1) is 0 Å². The van der Waals surface area contributed by atoms with Gasteiger partial charge in [0.2, 0.25) is 0 Å². The fourth-order valence-electron chi connectivity index (χ4n) is 2.32. The van der Waals surface area contributed by atoms with E-state index >= 15 is 0 Å². The number of pyridine rings is 1. The van der Waals surface area contributed by atoms with Crippen LogP contribution in [0.4, 0.5) is 10.2 Å². The van der Waals surface area contributed by atoms with Gasteiger partial charge in [-0.1, -0.05) is 24.3 Å². The van der Waals surface area contributed by atoms with Crippen LogP contribution in [0.25, 0.3) is 0 Å². The third kappa shape index (κ3) is 2.12. The second kappa shape index (κ2) is 4.69. The maximum Gasteiger partial charge on any atom is 0.166 e. The van der Waals surface area contributed by atoms with E-state index < -0.39 is 0 Å². The van der Waals surface area contributed by atoms with Crippen LogP contribution in [0.3, 0.4) is 0 Å². The van der Waals surface area contributed by atoms with Crippen molar-refractivity contribution in [2.45, 2.75) is 13.0 Å². The number of hydrogen-bond acceptors (Lipinski definition) is 2. The number of benzene rings is 1. The summed E-state index contributed by atoms with van der Waals surface area (Å²) in [5, 5.41) is 0. The third-order valence-electron chi connectivity index (χ3n) is 3.22. The first-order valence-corrected chi connectivity index (χ1v) is 6.66. The molecule has 0 N–H and O–H groups in total. The van der Waals surface area contributed by atoms with Crippen LogP contribution in [-0.4, -0.2) is 11.5 Å². The molecule has 1 aliphatic heterocycles. The highest BCUT2D eigenvalue weighted by atomic mass is 79.9. The van der Waals surface area contributed by atoms with Gasteiger partial charge in [-0.05, 0) is 39.5 Å². The van der Waals surface area contributed by atoms with Crippen molar-refractivity contribution in [3.8, 4) is 0 Å². The van der Waals surface area contributed by atoms with Gasteiger partial charge < -0.3 is 4.90 Å². The first-order valence-electron chi connectivity index (χ1n) is 5.87. The summed E-state index contributed by atoms with van der Waals surface area (Å²) in [5.74, 6) is 0.163. The van der Waals surface area contributed by atoms with Crippen molar-refractivity contribution >= 4 is 21.7 Å². The minimum absolute atomic E-state index is 0.274. The molecule has 0 bridgehead atoms. The van der Waals surface area contributed by atoms with Crippen molar-refractivity contribution in [3.05, 3.63) is 57.9 Å². The van der Waals surface area contributed by atoms with Gasteiger partial charge in [-0.3, -0.25) is 0 Å². The molecule has 3 rings (SSSR count). The molecule has 1 aromatic carbocycles. The highest BCUT2D eigenvalue weighted by Gasteiger charge is 2.19. The van der Waals surface area contributed by atoms with Gasteiger partial charge in [0, 0.05) is 23.8 Å². The molecule has 2 heterocycles. The summed E-state index contributed by atoms with van der Waals surface area (Å²) in [6.45, 7) is 1.53. The van der Waals surface area contributed by atoms with Crippen LogP contribution in [0.1, 0.15) is 11.1 Å². The van der Waals surface area contributed by atoms with E-state index in [-0.39, 0.29) is 5.82 Å². The Bertz CT molecular complexity index is 586. The molecule has 18 heavy (non-hydrogen) atoms. The molecule has 2 aromatic rings. The van der Waals surface area contributed by atoms with E-state index in [4.69, 9.17) is 0 Å². The quantitative estimate of drug-likeness (QED) is 0.801. The van der Waals surface area contributed by atoms with Gasteiger partial charge in [-0.25, -0.2) is 9.37 Å². The molecule has 2 nitrogen and oxygen atoms in total. The van der Waals surface area contributed by atoms with Crippen molar-refractivity contribution in [2.24, 2.45) is 0 Å². The molecular weight excluding hydrogens is 295 g/mol. The van der Waals surface area contributed by atoms with Gasteiger partial charge in [-0.2, -0.15) is 0 Å². The molecule has 0 spiro atoms. The summed E-state index contributed by atoms with van der Waals surface area (Å²) in [6, 6.07) is 9.76. The predicted molar refractivity (Wildman–Crippen MR) is 73.1 cm³/mol. The van der Waals surface area contributed by atoms with Crippen LogP contribution in [0.2, 0.25) is 0 Å². The molecule has 0 atom stereocenters. The maximum atomic E-state index is 13.9. The molecule has 0 aliphatic carbocycles. The molecule has 1 aromatic heterocycles. The fourth-order valence-corrected chi connectivity index (χ4v) is 2.62. The van der Waals surface area contributed by atoms with Gasteiger partial charge in [-0.15, -0.1) is 0 Å². The Morgan fingerprint density at radius 2 is 2.00 bits per heavy atom. The average Bonchev–Trinajstić information content (AvgIpc) is 2.38. The summed E-state index contributed by atoms with van der Waals surface area (Å²) in [7, 11) is 0. The van der Waals surface area contributed by atoms with E-state index in [2.05, 4.69) is 33.0 Å². The van der Waals surface area contributed by atoms with E-state index in [0.717, 1.165) is 19.5 Å². The number of rotatable bonds is 1. The van der Waals surface area contributed by atoms with Crippen molar-refractivity contribution in [2.75, 3.05) is 11.4 Å². The van der Waals surface area contributed by atoms with Crippen LogP contribution in [-0.2, 0) is 13.0 Å². The smallest absolute Gasteiger partial charge is 0.166 e. The van der Waals surface area contributed by atoms with E-state index in [9.17, 15) is 4.39 Å². The molecule has 0 radical (unpaired) electrons. The second-order valence-corrected chi connectivity index (χ2v) is 5.31. The largest absolute Gasteiger partial charge is 0.350 e. The van der Waals surface area contributed by atoms with E-state index in [0.29, 0.717) is 10.3 Å². The van der Waals surface area contributed by atoms with E-state index in [1.54, 1.807) is 6.20 Å². The van der Waals surface area contributed by atoms with Crippen molar-refractivity contribution in [1.82, 2.24) is 4.98 Å². The molecule has 0 unspecified atom stereocenters. The molecule has 0 saturated carbocycles. The second-order valence-electron chi connectivity index (χ2n) is 4.40. The Morgan fingerprint density at radius 1 is 1.22 bits per heavy atom. The molecular formula is C14H12BrFN2. The Balaban J connectivity index is 1.92. The number of anilines is 1. The zero-order chi connectivity index (χ0) is 12.5. The Morgan fingerprint density at radius 3 is 2.78 bits per heavy atom. The molecule has 0 fully saturated rings. The van der Waals surface area contributed by atoms with Gasteiger partial charge in [0.25, 0.3) is 0 Å². The van der Waals surface area contributed by atoms with Crippen LogP contribution in [0.15, 0.2) is 41.0 Å². The SMILES string of the molecule is Fc1cc(Br)cnc1N1CCc2ccccc2C1. The first-order chi connectivity index (χ1) is 8.74. The lowest BCUT2D eigenvalue weighted by Gasteiger charge is -2.29. The predicted octanol–water partition coefficient (Wildman–Crippen LogP) is 3.55. The number of halogens is 2. The summed E-state index contributed by atoms with van der Waals surface area (Å²) >= 11 is 3.23. The standard InChI is InChI=1S/C14H12BrFN2/c15-12-7-13(16)14(17-8-12)18-6-5-10-3-1-2-4-11(10)9-18/h1-4,7-8H,5-6,9H2. The minimum Gasteiger partial charge on any atom is -0.350 e.